The molecule has 3 rings (SSSR count). The molecule has 0 aliphatic carbocycles. The van der Waals surface area contributed by atoms with Gasteiger partial charge in [-0.2, -0.15) is 5.26 Å². The lowest BCUT2D eigenvalue weighted by Gasteiger charge is -2.11. The van der Waals surface area contributed by atoms with Gasteiger partial charge in [0, 0.05) is 5.69 Å². The zero-order valence-corrected chi connectivity index (χ0v) is 21.8. The van der Waals surface area contributed by atoms with Crippen LogP contribution in [-0.2, 0) is 20.9 Å². The molecule has 0 atom stereocenters. The van der Waals surface area contributed by atoms with Crippen molar-refractivity contribution in [3.8, 4) is 17.6 Å². The van der Waals surface area contributed by atoms with Gasteiger partial charge in [-0.1, -0.05) is 30.3 Å². The molecule has 0 radical (unpaired) electrons. The molecule has 0 unspecified atom stereocenters. The van der Waals surface area contributed by atoms with Gasteiger partial charge in [-0.3, -0.25) is 4.79 Å². The first-order valence-corrected chi connectivity index (χ1v) is 11.9. The van der Waals surface area contributed by atoms with Crippen molar-refractivity contribution in [1.29, 1.82) is 5.26 Å². The summed E-state index contributed by atoms with van der Waals surface area (Å²) < 4.78 is 16.8. The number of amides is 1. The highest BCUT2D eigenvalue weighted by Gasteiger charge is 2.14. The predicted octanol–water partition coefficient (Wildman–Crippen LogP) is 5.89. The number of hydrogen-bond donors (Lipinski definition) is 1. The normalized spacial score (nSPS) is 10.7. The van der Waals surface area contributed by atoms with Gasteiger partial charge < -0.3 is 19.5 Å². The van der Waals surface area contributed by atoms with Gasteiger partial charge >= 0.3 is 5.97 Å². The molecule has 0 aliphatic rings. The largest absolute Gasteiger partial charge is 0.489 e. The van der Waals surface area contributed by atoms with E-state index < -0.39 is 11.9 Å². The van der Waals surface area contributed by atoms with Crippen LogP contribution >= 0.6 is 31.9 Å². The second-order valence-electron chi connectivity index (χ2n) is 7.10. The van der Waals surface area contributed by atoms with Crippen LogP contribution in [-0.4, -0.2) is 25.6 Å². The molecule has 35 heavy (non-hydrogen) atoms. The average molecular weight is 600 g/mol. The van der Waals surface area contributed by atoms with Crippen LogP contribution in [0.3, 0.4) is 0 Å². The van der Waals surface area contributed by atoms with Crippen LogP contribution in [0, 0.1) is 11.3 Å². The zero-order valence-electron chi connectivity index (χ0n) is 18.6. The van der Waals surface area contributed by atoms with Gasteiger partial charge in [0.15, 0.2) is 6.61 Å². The van der Waals surface area contributed by atoms with Gasteiger partial charge in [0.1, 0.15) is 29.7 Å². The van der Waals surface area contributed by atoms with Crippen molar-refractivity contribution in [3.63, 3.8) is 0 Å². The molecule has 0 saturated carbocycles. The summed E-state index contributed by atoms with van der Waals surface area (Å²) >= 11 is 6.75. The van der Waals surface area contributed by atoms with E-state index >= 15 is 0 Å². The van der Waals surface area contributed by atoms with Crippen molar-refractivity contribution in [2.75, 3.05) is 19.0 Å². The fraction of sp³-hybridized carbons (Fsp3) is 0.115. The molecule has 0 aromatic heterocycles. The maximum Gasteiger partial charge on any atom is 0.343 e. The van der Waals surface area contributed by atoms with Crippen molar-refractivity contribution in [3.05, 3.63) is 92.4 Å². The minimum atomic E-state index is -0.552. The number of ether oxygens (including phenoxy) is 3. The zero-order chi connectivity index (χ0) is 25.2. The maximum absolute atomic E-state index is 12.7. The molecule has 7 nitrogen and oxygen atoms in total. The summed E-state index contributed by atoms with van der Waals surface area (Å²) in [5.41, 5.74) is 2.06. The van der Waals surface area contributed by atoms with Crippen LogP contribution < -0.4 is 14.8 Å². The number of hydrogen-bond acceptors (Lipinski definition) is 6. The second-order valence-corrected chi connectivity index (χ2v) is 8.81. The molecule has 0 bridgehead atoms. The summed E-state index contributed by atoms with van der Waals surface area (Å²) in [6.45, 7) is 0.177. The quantitative estimate of drug-likeness (QED) is 0.187. The fourth-order valence-corrected chi connectivity index (χ4v) is 4.33. The van der Waals surface area contributed by atoms with Crippen LogP contribution in [0.2, 0.25) is 0 Å². The van der Waals surface area contributed by atoms with Crippen LogP contribution in [0.15, 0.2) is 81.2 Å². The predicted molar refractivity (Wildman–Crippen MR) is 139 cm³/mol. The SMILES string of the molecule is COC(=O)COc1c(Br)cc(/C=C(\C#N)C(=O)Nc2ccc(OCc3ccccc3)cc2)cc1Br. The van der Waals surface area contributed by atoms with E-state index in [9.17, 15) is 14.9 Å². The third-order valence-electron chi connectivity index (χ3n) is 4.62. The van der Waals surface area contributed by atoms with Gasteiger partial charge in [-0.15, -0.1) is 0 Å². The lowest BCUT2D eigenvalue weighted by Crippen LogP contribution is -2.13. The van der Waals surface area contributed by atoms with Gasteiger partial charge in [0.2, 0.25) is 0 Å². The highest BCUT2D eigenvalue weighted by molar-refractivity contribution is 9.11. The van der Waals surface area contributed by atoms with Crippen LogP contribution in [0.1, 0.15) is 11.1 Å². The molecule has 0 saturated heterocycles. The van der Waals surface area contributed by atoms with Crippen LogP contribution in [0.25, 0.3) is 6.08 Å². The number of rotatable bonds is 9. The summed E-state index contributed by atoms with van der Waals surface area (Å²) in [6.07, 6.45) is 1.45. The van der Waals surface area contributed by atoms with Crippen molar-refractivity contribution >= 4 is 55.5 Å². The molecule has 3 aromatic rings. The summed E-state index contributed by atoms with van der Waals surface area (Å²) in [7, 11) is 1.27. The van der Waals surface area contributed by atoms with E-state index in [1.54, 1.807) is 36.4 Å². The van der Waals surface area contributed by atoms with Crippen molar-refractivity contribution in [2.24, 2.45) is 0 Å². The lowest BCUT2D eigenvalue weighted by atomic mass is 10.1. The number of nitriles is 1. The van der Waals surface area contributed by atoms with E-state index in [2.05, 4.69) is 41.9 Å². The summed E-state index contributed by atoms with van der Waals surface area (Å²) in [6, 6.07) is 21.9. The van der Waals surface area contributed by atoms with Gasteiger partial charge in [0.05, 0.1) is 16.1 Å². The first-order valence-electron chi connectivity index (χ1n) is 10.3. The first kappa shape index (κ1) is 26.0. The maximum atomic E-state index is 12.7. The third-order valence-corrected chi connectivity index (χ3v) is 5.80. The standard InChI is InChI=1S/C26H20Br2N2O5/c1-33-24(31)16-35-25-22(27)12-18(13-23(25)28)11-19(14-29)26(32)30-20-7-9-21(10-8-20)34-15-17-5-3-2-4-6-17/h2-13H,15-16H2,1H3,(H,30,32)/b19-11+. The van der Waals surface area contributed by atoms with E-state index in [1.165, 1.54) is 13.2 Å². The lowest BCUT2D eigenvalue weighted by molar-refractivity contribution is -0.142. The molecule has 1 amide bonds. The third kappa shape index (κ3) is 7.70. The molecule has 3 aromatic carbocycles. The molecule has 0 aliphatic heterocycles. The average Bonchev–Trinajstić information content (AvgIpc) is 2.86. The summed E-state index contributed by atoms with van der Waals surface area (Å²) in [5, 5.41) is 12.2. The van der Waals surface area contributed by atoms with Crippen LogP contribution in [0.4, 0.5) is 5.69 Å². The molecule has 9 heteroatoms. The molecule has 0 spiro atoms. The summed E-state index contributed by atoms with van der Waals surface area (Å²) in [5.74, 6) is -0.0205. The minimum Gasteiger partial charge on any atom is -0.489 e. The number of methoxy groups -OCH3 is 1. The molecular weight excluding hydrogens is 580 g/mol. The number of nitrogens with zero attached hydrogens (tertiary/aromatic N) is 1. The Balaban J connectivity index is 1.65. The minimum absolute atomic E-state index is 0.0866. The molecule has 0 fully saturated rings. The Hall–Kier alpha value is -3.61. The number of halogens is 2. The monoisotopic (exact) mass is 598 g/mol. The smallest absolute Gasteiger partial charge is 0.343 e. The number of benzene rings is 3. The van der Waals surface area contributed by atoms with E-state index in [0.29, 0.717) is 38.3 Å². The molecule has 0 heterocycles. The molecule has 178 valence electrons. The topological polar surface area (TPSA) is 97.7 Å². The van der Waals surface area contributed by atoms with Crippen molar-refractivity contribution < 1.29 is 23.8 Å². The number of anilines is 1. The van der Waals surface area contributed by atoms with Crippen LogP contribution in [0.5, 0.6) is 11.5 Å². The van der Waals surface area contributed by atoms with Gasteiger partial charge in [-0.25, -0.2) is 4.79 Å². The second kappa shape index (κ2) is 12.7. The van der Waals surface area contributed by atoms with Gasteiger partial charge in [-0.05, 0) is 85.5 Å². The van der Waals surface area contributed by atoms with E-state index in [0.717, 1.165) is 5.56 Å². The highest BCUT2D eigenvalue weighted by Crippen LogP contribution is 2.35. The Labute approximate surface area is 219 Å². The number of carbonyl (C=O) groups is 2. The van der Waals surface area contributed by atoms with E-state index in [-0.39, 0.29) is 12.2 Å². The Kier molecular flexibility index (Phi) is 9.47. The van der Waals surface area contributed by atoms with E-state index in [4.69, 9.17) is 9.47 Å². The molecule has 1 N–H and O–H groups in total. The number of esters is 1. The fourth-order valence-electron chi connectivity index (χ4n) is 2.88. The molecular formula is C26H20Br2N2O5. The number of carbonyl (C=O) groups excluding carboxylic acids is 2. The Morgan fingerprint density at radius 3 is 2.26 bits per heavy atom. The van der Waals surface area contributed by atoms with Crippen molar-refractivity contribution in [2.45, 2.75) is 6.61 Å². The van der Waals surface area contributed by atoms with E-state index in [1.807, 2.05) is 36.4 Å². The number of nitrogens with one attached hydrogen (secondary N) is 1. The first-order chi connectivity index (χ1) is 16.9. The van der Waals surface area contributed by atoms with Gasteiger partial charge in [0.25, 0.3) is 5.91 Å². The highest BCUT2D eigenvalue weighted by atomic mass is 79.9. The van der Waals surface area contributed by atoms with Crippen molar-refractivity contribution in [1.82, 2.24) is 0 Å². The Morgan fingerprint density at radius 2 is 1.66 bits per heavy atom. The Morgan fingerprint density at radius 1 is 1.00 bits per heavy atom. The Bertz CT molecular complexity index is 1250. The summed E-state index contributed by atoms with van der Waals surface area (Å²) in [4.78, 5) is 24.0.